The maximum atomic E-state index is 12.5. The highest BCUT2D eigenvalue weighted by Crippen LogP contribution is 2.25. The molecule has 1 fully saturated rings. The van der Waals surface area contributed by atoms with Crippen LogP contribution in [0.5, 0.6) is 0 Å². The van der Waals surface area contributed by atoms with Gasteiger partial charge in [-0.15, -0.1) is 47.9 Å². The van der Waals surface area contributed by atoms with Gasteiger partial charge in [-0.3, -0.25) is 4.79 Å². The highest BCUT2D eigenvalue weighted by Gasteiger charge is 2.25. The molecule has 1 aliphatic carbocycles. The molecule has 8 heteroatoms. The Morgan fingerprint density at radius 2 is 1.96 bits per heavy atom. The van der Waals surface area contributed by atoms with Crippen LogP contribution in [-0.2, 0) is 5.75 Å². The summed E-state index contributed by atoms with van der Waals surface area (Å²) in [6.45, 7) is 2.67. The summed E-state index contributed by atoms with van der Waals surface area (Å²) in [7, 11) is 0. The predicted octanol–water partition coefficient (Wildman–Crippen LogP) is 4.83. The lowest BCUT2D eigenvalue weighted by atomic mass is 9.84. The van der Waals surface area contributed by atoms with E-state index in [-0.39, 0.29) is 36.8 Å². The number of aromatic nitrogens is 1. The van der Waals surface area contributed by atoms with Gasteiger partial charge in [0.15, 0.2) is 0 Å². The fraction of sp³-hybridized carbons (Fsp3) is 0.474. The van der Waals surface area contributed by atoms with Crippen molar-refractivity contribution in [3.05, 3.63) is 45.9 Å². The van der Waals surface area contributed by atoms with Crippen molar-refractivity contribution in [2.24, 2.45) is 11.7 Å². The number of nitrogens with one attached hydrogen (secondary N) is 1. The summed E-state index contributed by atoms with van der Waals surface area (Å²) in [6, 6.07) is 8.06. The number of nitrogens with zero attached hydrogens (tertiary/aromatic N) is 1. The van der Waals surface area contributed by atoms with E-state index in [1.54, 1.807) is 23.1 Å². The Balaban J connectivity index is 0.00000182. The highest BCUT2D eigenvalue weighted by molar-refractivity contribution is 7.98. The van der Waals surface area contributed by atoms with Gasteiger partial charge in [0.2, 0.25) is 0 Å². The summed E-state index contributed by atoms with van der Waals surface area (Å²) in [5.74, 6) is 1.28. The van der Waals surface area contributed by atoms with Crippen LogP contribution in [-0.4, -0.2) is 23.5 Å². The number of hydrogen-bond donors (Lipinski definition) is 2. The minimum atomic E-state index is 0. The lowest BCUT2D eigenvalue weighted by Crippen LogP contribution is -2.44. The Bertz CT molecular complexity index is 709. The summed E-state index contributed by atoms with van der Waals surface area (Å²) in [5.41, 5.74) is 7.68. The van der Waals surface area contributed by atoms with Crippen LogP contribution in [0.2, 0.25) is 0 Å². The van der Waals surface area contributed by atoms with E-state index in [9.17, 15) is 4.79 Å². The van der Waals surface area contributed by atoms with Crippen molar-refractivity contribution in [3.63, 3.8) is 0 Å². The molecule has 1 heterocycles. The summed E-state index contributed by atoms with van der Waals surface area (Å²) in [5, 5.41) is 6.38. The Kier molecular flexibility index (Phi) is 10.7. The molecule has 3 rings (SSSR count). The fourth-order valence-corrected chi connectivity index (χ4v) is 4.77. The van der Waals surface area contributed by atoms with E-state index in [4.69, 9.17) is 5.73 Å². The third-order valence-corrected chi connectivity index (χ3v) is 6.57. The van der Waals surface area contributed by atoms with Crippen molar-refractivity contribution in [1.82, 2.24) is 10.3 Å². The van der Waals surface area contributed by atoms with Gasteiger partial charge in [-0.1, -0.05) is 12.8 Å². The van der Waals surface area contributed by atoms with E-state index in [2.05, 4.69) is 15.7 Å². The third kappa shape index (κ3) is 6.95. The standard InChI is InChI=1S/C19H25N3OS2.2ClH/c1-13-21-16(11-24-13)12-25-17-8-6-14(7-9-17)19(23)22-18-5-3-2-4-15(18)10-20;;/h6-9,11,15,18H,2-5,10,12,20H2,1H3,(H,22,23);2*1H. The monoisotopic (exact) mass is 447 g/mol. The second-order valence-corrected chi connectivity index (χ2v) is 8.64. The van der Waals surface area contributed by atoms with Crippen molar-refractivity contribution in [3.8, 4) is 0 Å². The molecule has 0 bridgehead atoms. The lowest BCUT2D eigenvalue weighted by molar-refractivity contribution is 0.0908. The molecule has 0 aliphatic heterocycles. The number of thiazole rings is 1. The molecule has 150 valence electrons. The molecular formula is C19H27Cl2N3OS2. The summed E-state index contributed by atoms with van der Waals surface area (Å²) in [6.07, 6.45) is 4.55. The van der Waals surface area contributed by atoms with Gasteiger partial charge in [-0.05, 0) is 56.5 Å². The van der Waals surface area contributed by atoms with Crippen LogP contribution < -0.4 is 11.1 Å². The van der Waals surface area contributed by atoms with Crippen molar-refractivity contribution in [2.75, 3.05) is 6.54 Å². The van der Waals surface area contributed by atoms with Crippen molar-refractivity contribution < 1.29 is 4.79 Å². The Labute approximate surface area is 181 Å². The average Bonchev–Trinajstić information content (AvgIpc) is 3.06. The number of thioether (sulfide) groups is 1. The van der Waals surface area contributed by atoms with Gasteiger partial charge in [0.25, 0.3) is 5.91 Å². The van der Waals surface area contributed by atoms with Gasteiger partial charge in [0.05, 0.1) is 10.7 Å². The minimum Gasteiger partial charge on any atom is -0.349 e. The average molecular weight is 448 g/mol. The van der Waals surface area contributed by atoms with Crippen LogP contribution >= 0.6 is 47.9 Å². The molecule has 1 aliphatic rings. The van der Waals surface area contributed by atoms with Crippen molar-refractivity contribution >= 4 is 53.8 Å². The van der Waals surface area contributed by atoms with Gasteiger partial charge in [-0.2, -0.15) is 0 Å². The summed E-state index contributed by atoms with van der Waals surface area (Å²) >= 11 is 3.42. The Morgan fingerprint density at radius 1 is 1.26 bits per heavy atom. The number of rotatable bonds is 6. The molecule has 0 spiro atoms. The van der Waals surface area contributed by atoms with Crippen LogP contribution in [0.4, 0.5) is 0 Å². The molecule has 1 aromatic carbocycles. The van der Waals surface area contributed by atoms with Crippen LogP contribution in [0.3, 0.4) is 0 Å². The second kappa shape index (κ2) is 11.9. The third-order valence-electron chi connectivity index (χ3n) is 4.70. The normalized spacial score (nSPS) is 18.9. The smallest absolute Gasteiger partial charge is 0.251 e. The molecule has 3 N–H and O–H groups in total. The number of halogens is 2. The number of carbonyl (C=O) groups is 1. The van der Waals surface area contributed by atoms with E-state index in [0.29, 0.717) is 12.5 Å². The molecule has 1 aromatic heterocycles. The van der Waals surface area contributed by atoms with Gasteiger partial charge in [0, 0.05) is 27.6 Å². The molecule has 0 radical (unpaired) electrons. The summed E-state index contributed by atoms with van der Waals surface area (Å²) in [4.78, 5) is 18.1. The van der Waals surface area contributed by atoms with Crippen LogP contribution in [0, 0.1) is 12.8 Å². The largest absolute Gasteiger partial charge is 0.349 e. The lowest BCUT2D eigenvalue weighted by Gasteiger charge is -2.31. The molecule has 0 saturated heterocycles. The molecule has 1 amide bonds. The van der Waals surface area contributed by atoms with Gasteiger partial charge in [-0.25, -0.2) is 4.98 Å². The van der Waals surface area contributed by atoms with Crippen LogP contribution in [0.1, 0.15) is 46.7 Å². The zero-order valence-electron chi connectivity index (χ0n) is 15.3. The maximum absolute atomic E-state index is 12.5. The van der Waals surface area contributed by atoms with E-state index >= 15 is 0 Å². The molecule has 27 heavy (non-hydrogen) atoms. The first-order chi connectivity index (χ1) is 12.2. The molecule has 2 atom stereocenters. The van der Waals surface area contributed by atoms with Crippen molar-refractivity contribution in [2.45, 2.75) is 49.3 Å². The number of amides is 1. The van der Waals surface area contributed by atoms with Gasteiger partial charge in [0.1, 0.15) is 0 Å². The molecule has 1 saturated carbocycles. The Morgan fingerprint density at radius 3 is 2.59 bits per heavy atom. The van der Waals surface area contributed by atoms with E-state index in [0.717, 1.165) is 39.8 Å². The SMILES string of the molecule is Cc1nc(CSc2ccc(C(=O)NC3CCCCC3CN)cc2)cs1.Cl.Cl. The number of benzene rings is 1. The maximum Gasteiger partial charge on any atom is 0.251 e. The zero-order chi connectivity index (χ0) is 17.6. The van der Waals surface area contributed by atoms with Crippen LogP contribution in [0.25, 0.3) is 0 Å². The number of nitrogens with two attached hydrogens (primary N) is 1. The second-order valence-electron chi connectivity index (χ2n) is 6.53. The van der Waals surface area contributed by atoms with Crippen molar-refractivity contribution in [1.29, 1.82) is 0 Å². The van der Waals surface area contributed by atoms with E-state index < -0.39 is 0 Å². The minimum absolute atomic E-state index is 0. The Hall–Kier alpha value is -0.790. The summed E-state index contributed by atoms with van der Waals surface area (Å²) < 4.78 is 0. The first-order valence-corrected chi connectivity index (χ1v) is 10.7. The van der Waals surface area contributed by atoms with Crippen LogP contribution in [0.15, 0.2) is 34.5 Å². The van der Waals surface area contributed by atoms with E-state index in [1.807, 2.05) is 31.2 Å². The zero-order valence-corrected chi connectivity index (χ0v) is 18.6. The fourth-order valence-electron chi connectivity index (χ4n) is 3.27. The van der Waals surface area contributed by atoms with Gasteiger partial charge >= 0.3 is 0 Å². The number of aryl methyl sites for hydroxylation is 1. The predicted molar refractivity (Wildman–Crippen MR) is 120 cm³/mol. The first-order valence-electron chi connectivity index (χ1n) is 8.80. The van der Waals surface area contributed by atoms with Gasteiger partial charge < -0.3 is 11.1 Å². The quantitative estimate of drug-likeness (QED) is 0.621. The first kappa shape index (κ1) is 24.2. The molecule has 2 aromatic rings. The number of hydrogen-bond acceptors (Lipinski definition) is 5. The highest BCUT2D eigenvalue weighted by atomic mass is 35.5. The molecule has 4 nitrogen and oxygen atoms in total. The van der Waals surface area contributed by atoms with E-state index in [1.165, 1.54) is 12.8 Å². The molecular weight excluding hydrogens is 421 g/mol. The number of carbonyl (C=O) groups excluding carboxylic acids is 1. The topological polar surface area (TPSA) is 68.0 Å². The molecule has 2 unspecified atom stereocenters.